The van der Waals surface area contributed by atoms with Gasteiger partial charge in [0.1, 0.15) is 10.6 Å². The second kappa shape index (κ2) is 8.92. The topological polar surface area (TPSA) is 54.5 Å². The van der Waals surface area contributed by atoms with Crippen LogP contribution >= 0.6 is 11.5 Å². The first-order valence-electron chi connectivity index (χ1n) is 7.23. The van der Waals surface area contributed by atoms with Gasteiger partial charge in [-0.2, -0.15) is 4.37 Å². The number of esters is 1. The van der Waals surface area contributed by atoms with Gasteiger partial charge in [-0.1, -0.05) is 13.8 Å². The third-order valence-corrected chi connectivity index (χ3v) is 4.07. The fourth-order valence-corrected chi connectivity index (χ4v) is 2.79. The van der Waals surface area contributed by atoms with Crippen molar-refractivity contribution in [1.29, 1.82) is 0 Å². The lowest BCUT2D eigenvalue weighted by Gasteiger charge is -2.17. The Morgan fingerprint density at radius 3 is 2.65 bits per heavy atom. The van der Waals surface area contributed by atoms with Crippen molar-refractivity contribution in [3.05, 3.63) is 11.3 Å². The number of nitrogens with one attached hydrogen (secondary N) is 1. The van der Waals surface area contributed by atoms with E-state index in [1.807, 2.05) is 13.8 Å². The Kier molecular flexibility index (Phi) is 7.54. The van der Waals surface area contributed by atoms with Crippen molar-refractivity contribution in [1.82, 2.24) is 9.27 Å². The summed E-state index contributed by atoms with van der Waals surface area (Å²) < 4.78 is 9.30. The molecule has 6 heteroatoms. The molecule has 1 aromatic heterocycles. The predicted molar refractivity (Wildman–Crippen MR) is 83.7 cm³/mol. The van der Waals surface area contributed by atoms with Crippen molar-refractivity contribution in [2.24, 2.45) is 0 Å². The molecule has 1 N–H and O–H groups in total. The third-order valence-electron chi connectivity index (χ3n) is 3.17. The first-order chi connectivity index (χ1) is 9.63. The first-order valence-corrected chi connectivity index (χ1v) is 8.00. The minimum absolute atomic E-state index is 0.287. The van der Waals surface area contributed by atoms with E-state index in [-0.39, 0.29) is 5.97 Å². The molecule has 0 amide bonds. The van der Waals surface area contributed by atoms with Gasteiger partial charge >= 0.3 is 5.97 Å². The largest absolute Gasteiger partial charge is 0.462 e. The number of nitrogens with zero attached hydrogens (tertiary/aromatic N) is 2. The number of rotatable bonds is 9. The molecule has 0 aliphatic carbocycles. The smallest absolute Gasteiger partial charge is 0.343 e. The van der Waals surface area contributed by atoms with Crippen LogP contribution in [0.5, 0.6) is 0 Å². The second-order valence-corrected chi connectivity index (χ2v) is 5.27. The highest BCUT2D eigenvalue weighted by Crippen LogP contribution is 2.25. The van der Waals surface area contributed by atoms with Crippen LogP contribution in [0, 0.1) is 6.92 Å². The fourth-order valence-electron chi connectivity index (χ4n) is 1.98. The minimum atomic E-state index is -0.287. The maximum atomic E-state index is 11.9. The van der Waals surface area contributed by atoms with E-state index in [4.69, 9.17) is 4.74 Å². The molecule has 0 unspecified atom stereocenters. The molecule has 114 valence electrons. The van der Waals surface area contributed by atoms with Gasteiger partial charge in [-0.3, -0.25) is 0 Å². The Bertz CT molecular complexity index is 417. The molecule has 0 bridgehead atoms. The number of aromatic nitrogens is 1. The summed E-state index contributed by atoms with van der Waals surface area (Å²) in [4.78, 5) is 14.3. The molecule has 0 radical (unpaired) electrons. The zero-order chi connectivity index (χ0) is 15.0. The maximum Gasteiger partial charge on any atom is 0.343 e. The maximum absolute atomic E-state index is 11.9. The molecule has 0 aliphatic heterocycles. The highest BCUT2D eigenvalue weighted by Gasteiger charge is 2.19. The molecule has 0 aromatic carbocycles. The third kappa shape index (κ3) is 4.76. The minimum Gasteiger partial charge on any atom is -0.462 e. The van der Waals surface area contributed by atoms with Crippen molar-refractivity contribution in [2.45, 2.75) is 34.1 Å². The van der Waals surface area contributed by atoms with Crippen LogP contribution in [-0.4, -0.2) is 48.0 Å². The summed E-state index contributed by atoms with van der Waals surface area (Å²) in [5.41, 5.74) is 1.32. The van der Waals surface area contributed by atoms with Crippen molar-refractivity contribution >= 4 is 22.5 Å². The number of anilines is 1. The molecular formula is C14H25N3O2S. The number of carbonyl (C=O) groups excluding carboxylic acids is 1. The summed E-state index contributed by atoms with van der Waals surface area (Å²) in [6.45, 7) is 12.4. The van der Waals surface area contributed by atoms with Gasteiger partial charge in [0.2, 0.25) is 0 Å². The molecular weight excluding hydrogens is 274 g/mol. The normalized spacial score (nSPS) is 10.8. The zero-order valence-corrected chi connectivity index (χ0v) is 13.7. The van der Waals surface area contributed by atoms with E-state index in [9.17, 15) is 4.79 Å². The van der Waals surface area contributed by atoms with Crippen LogP contribution in [-0.2, 0) is 4.74 Å². The van der Waals surface area contributed by atoms with Crippen LogP contribution in [0.25, 0.3) is 0 Å². The van der Waals surface area contributed by atoms with Gasteiger partial charge in [0.25, 0.3) is 0 Å². The average Bonchev–Trinajstić information content (AvgIpc) is 2.80. The van der Waals surface area contributed by atoms with E-state index in [1.165, 1.54) is 11.5 Å². The van der Waals surface area contributed by atoms with Gasteiger partial charge in [-0.05, 0) is 51.4 Å². The summed E-state index contributed by atoms with van der Waals surface area (Å²) in [5, 5.41) is 4.13. The lowest BCUT2D eigenvalue weighted by molar-refractivity contribution is 0.0527. The predicted octanol–water partition coefficient (Wildman–Crippen LogP) is 2.77. The Morgan fingerprint density at radius 2 is 2.05 bits per heavy atom. The lowest BCUT2D eigenvalue weighted by atomic mass is 10.2. The molecule has 0 spiro atoms. The lowest BCUT2D eigenvalue weighted by Crippen LogP contribution is -2.25. The highest BCUT2D eigenvalue weighted by molar-refractivity contribution is 7.10. The van der Waals surface area contributed by atoms with E-state index in [1.54, 1.807) is 0 Å². The van der Waals surface area contributed by atoms with Gasteiger partial charge in [-0.25, -0.2) is 4.79 Å². The number of hydrogen-bond acceptors (Lipinski definition) is 6. The van der Waals surface area contributed by atoms with E-state index in [2.05, 4.69) is 28.4 Å². The van der Waals surface area contributed by atoms with Gasteiger partial charge in [0.15, 0.2) is 0 Å². The number of aryl methyl sites for hydroxylation is 1. The molecule has 0 saturated heterocycles. The van der Waals surface area contributed by atoms with Crippen LogP contribution in [0.4, 0.5) is 5.00 Å². The van der Waals surface area contributed by atoms with Crippen molar-refractivity contribution < 1.29 is 9.53 Å². The second-order valence-electron chi connectivity index (χ2n) is 4.50. The van der Waals surface area contributed by atoms with E-state index in [0.29, 0.717) is 12.2 Å². The van der Waals surface area contributed by atoms with Gasteiger partial charge in [-0.15, -0.1) is 0 Å². The van der Waals surface area contributed by atoms with Crippen LogP contribution in [0.15, 0.2) is 0 Å². The molecule has 5 nitrogen and oxygen atoms in total. The Hall–Kier alpha value is -1.14. The molecule has 0 atom stereocenters. The molecule has 0 saturated carbocycles. The Morgan fingerprint density at radius 1 is 1.35 bits per heavy atom. The summed E-state index contributed by atoms with van der Waals surface area (Å²) >= 11 is 1.33. The van der Waals surface area contributed by atoms with Crippen LogP contribution in [0.3, 0.4) is 0 Å². The Labute approximate surface area is 125 Å². The highest BCUT2D eigenvalue weighted by atomic mass is 32.1. The zero-order valence-electron chi connectivity index (χ0n) is 12.9. The van der Waals surface area contributed by atoms with E-state index in [0.717, 1.165) is 43.3 Å². The number of carbonyl (C=O) groups is 1. The SMILES string of the molecule is CCOC(=O)c1c(C)nsc1NCCCN(CC)CC. The summed E-state index contributed by atoms with van der Waals surface area (Å²) in [6.07, 6.45) is 1.04. The molecule has 20 heavy (non-hydrogen) atoms. The molecule has 1 heterocycles. The van der Waals surface area contributed by atoms with Gasteiger partial charge in [0, 0.05) is 6.54 Å². The van der Waals surface area contributed by atoms with E-state index >= 15 is 0 Å². The monoisotopic (exact) mass is 299 g/mol. The fraction of sp³-hybridized carbons (Fsp3) is 0.714. The molecule has 0 fully saturated rings. The quantitative estimate of drug-likeness (QED) is 0.561. The van der Waals surface area contributed by atoms with Crippen LogP contribution in [0.1, 0.15) is 43.2 Å². The Balaban J connectivity index is 2.50. The van der Waals surface area contributed by atoms with Crippen molar-refractivity contribution in [3.63, 3.8) is 0 Å². The van der Waals surface area contributed by atoms with E-state index < -0.39 is 0 Å². The number of hydrogen-bond donors (Lipinski definition) is 1. The summed E-state index contributed by atoms with van der Waals surface area (Å²) in [5.74, 6) is -0.287. The average molecular weight is 299 g/mol. The van der Waals surface area contributed by atoms with Crippen LogP contribution < -0.4 is 5.32 Å². The van der Waals surface area contributed by atoms with Crippen molar-refractivity contribution in [3.8, 4) is 0 Å². The summed E-state index contributed by atoms with van der Waals surface area (Å²) in [6, 6.07) is 0. The number of ether oxygens (including phenoxy) is 1. The standard InChI is InChI=1S/C14H25N3O2S/c1-5-17(6-2)10-8-9-15-13-12(11(4)16-20-13)14(18)19-7-3/h15H,5-10H2,1-4H3. The summed E-state index contributed by atoms with van der Waals surface area (Å²) in [7, 11) is 0. The molecule has 0 aliphatic rings. The first kappa shape index (κ1) is 16.9. The van der Waals surface area contributed by atoms with Crippen LogP contribution in [0.2, 0.25) is 0 Å². The van der Waals surface area contributed by atoms with Crippen molar-refractivity contribution in [2.75, 3.05) is 38.1 Å². The van der Waals surface area contributed by atoms with Gasteiger partial charge in [0.05, 0.1) is 12.3 Å². The molecule has 1 rings (SSSR count). The van der Waals surface area contributed by atoms with Gasteiger partial charge < -0.3 is 15.0 Å². The molecule has 1 aromatic rings.